The Bertz CT molecular complexity index is 1050. The Balaban J connectivity index is 1.72. The number of rotatable bonds is 6. The fourth-order valence-corrected chi connectivity index (χ4v) is 2.84. The second-order valence-electron chi connectivity index (χ2n) is 6.00. The van der Waals surface area contributed by atoms with Crippen LogP contribution in [0.4, 0.5) is 0 Å². The number of carbonyl (C=O) groups excluding carboxylic acids is 1. The number of hydrogen-bond donors (Lipinski definition) is 3. The van der Waals surface area contributed by atoms with Gasteiger partial charge in [-0.2, -0.15) is 5.10 Å². The Kier molecular flexibility index (Phi) is 6.59. The van der Waals surface area contributed by atoms with Gasteiger partial charge in [-0.05, 0) is 36.4 Å². The minimum Gasteiger partial charge on any atom is -0.508 e. The van der Waals surface area contributed by atoms with Crippen molar-refractivity contribution in [2.45, 2.75) is 6.61 Å². The van der Waals surface area contributed by atoms with Gasteiger partial charge in [0.25, 0.3) is 5.91 Å². The van der Waals surface area contributed by atoms with Gasteiger partial charge in [0.1, 0.15) is 23.9 Å². The van der Waals surface area contributed by atoms with Crippen LogP contribution in [0.5, 0.6) is 17.2 Å². The first-order chi connectivity index (χ1) is 13.9. The maximum atomic E-state index is 12.1. The Morgan fingerprint density at radius 2 is 1.76 bits per heavy atom. The number of phenolic OH excluding ortho intramolecular Hbond substituents is 2. The summed E-state index contributed by atoms with van der Waals surface area (Å²) in [5.41, 5.74) is 3.74. The SMILES string of the molecule is O=C(NN=Cc1cc(Cl)ccc1OCc1ccccc1Cl)c1cc(O)cc(O)c1. The summed E-state index contributed by atoms with van der Waals surface area (Å²) >= 11 is 12.2. The average Bonchev–Trinajstić information content (AvgIpc) is 2.67. The molecule has 3 aromatic rings. The predicted molar refractivity (Wildman–Crippen MR) is 112 cm³/mol. The van der Waals surface area contributed by atoms with E-state index < -0.39 is 5.91 Å². The third-order valence-corrected chi connectivity index (χ3v) is 4.45. The summed E-state index contributed by atoms with van der Waals surface area (Å²) in [6.45, 7) is 0.247. The number of aromatic hydroxyl groups is 2. The molecular weight excluding hydrogens is 415 g/mol. The van der Waals surface area contributed by atoms with Crippen molar-refractivity contribution in [1.82, 2.24) is 5.43 Å². The monoisotopic (exact) mass is 430 g/mol. The molecule has 0 bridgehead atoms. The van der Waals surface area contributed by atoms with E-state index in [1.54, 1.807) is 24.3 Å². The highest BCUT2D eigenvalue weighted by Gasteiger charge is 2.09. The van der Waals surface area contributed by atoms with Crippen LogP contribution >= 0.6 is 23.2 Å². The summed E-state index contributed by atoms with van der Waals surface area (Å²) in [5.74, 6) is -0.566. The van der Waals surface area contributed by atoms with Gasteiger partial charge in [0.2, 0.25) is 0 Å². The molecule has 8 heteroatoms. The molecule has 0 heterocycles. The van der Waals surface area contributed by atoms with Crippen LogP contribution in [-0.2, 0) is 6.61 Å². The molecule has 0 saturated carbocycles. The molecular formula is C21H16Cl2N2O4. The lowest BCUT2D eigenvalue weighted by molar-refractivity contribution is 0.0954. The first-order valence-corrected chi connectivity index (χ1v) is 9.20. The summed E-state index contributed by atoms with van der Waals surface area (Å²) in [5, 5.41) is 23.9. The van der Waals surface area contributed by atoms with Crippen molar-refractivity contribution in [3.8, 4) is 17.2 Å². The standard InChI is InChI=1S/C21H16Cl2N2O4/c22-16-5-6-20(29-12-13-3-1-2-4-19(13)23)15(7-16)11-24-25-21(28)14-8-17(26)10-18(27)9-14/h1-11,26-27H,12H2,(H,25,28). The van der Waals surface area contributed by atoms with Crippen LogP contribution in [-0.4, -0.2) is 22.3 Å². The van der Waals surface area contributed by atoms with Gasteiger partial charge in [-0.25, -0.2) is 5.43 Å². The molecule has 3 N–H and O–H groups in total. The highest BCUT2D eigenvalue weighted by atomic mass is 35.5. The molecule has 0 atom stereocenters. The third-order valence-electron chi connectivity index (χ3n) is 3.85. The number of nitrogens with zero attached hydrogens (tertiary/aromatic N) is 1. The molecule has 0 unspecified atom stereocenters. The lowest BCUT2D eigenvalue weighted by Crippen LogP contribution is -2.17. The minimum atomic E-state index is -0.604. The molecule has 0 radical (unpaired) electrons. The van der Waals surface area contributed by atoms with Crippen molar-refractivity contribution in [2.24, 2.45) is 5.10 Å². The van der Waals surface area contributed by atoms with Crippen LogP contribution in [0.25, 0.3) is 0 Å². The molecule has 6 nitrogen and oxygen atoms in total. The van der Waals surface area contributed by atoms with Crippen molar-refractivity contribution in [1.29, 1.82) is 0 Å². The summed E-state index contributed by atoms with van der Waals surface area (Å²) < 4.78 is 5.82. The smallest absolute Gasteiger partial charge is 0.271 e. The Labute approximate surface area is 177 Å². The van der Waals surface area contributed by atoms with Crippen molar-refractivity contribution in [3.63, 3.8) is 0 Å². The second kappa shape index (κ2) is 9.32. The molecule has 0 aliphatic carbocycles. The van der Waals surface area contributed by atoms with Gasteiger partial charge in [-0.3, -0.25) is 4.79 Å². The number of hydrazone groups is 1. The first-order valence-electron chi connectivity index (χ1n) is 8.44. The summed E-state index contributed by atoms with van der Waals surface area (Å²) in [6, 6.07) is 15.9. The van der Waals surface area contributed by atoms with Crippen LogP contribution in [0.1, 0.15) is 21.5 Å². The predicted octanol–water partition coefficient (Wildman–Crippen LogP) is 4.75. The zero-order chi connectivity index (χ0) is 20.8. The number of benzene rings is 3. The van der Waals surface area contributed by atoms with E-state index in [0.29, 0.717) is 21.4 Å². The normalized spacial score (nSPS) is 10.8. The number of carbonyl (C=O) groups is 1. The number of hydrogen-bond acceptors (Lipinski definition) is 5. The van der Waals surface area contributed by atoms with E-state index in [1.165, 1.54) is 18.3 Å². The molecule has 3 aromatic carbocycles. The summed E-state index contributed by atoms with van der Waals surface area (Å²) in [6.07, 6.45) is 1.38. The van der Waals surface area contributed by atoms with E-state index in [4.69, 9.17) is 27.9 Å². The summed E-state index contributed by atoms with van der Waals surface area (Å²) in [4.78, 5) is 12.1. The van der Waals surface area contributed by atoms with Gasteiger partial charge in [0.05, 0.1) is 6.21 Å². The number of halogens is 2. The summed E-state index contributed by atoms with van der Waals surface area (Å²) in [7, 11) is 0. The van der Waals surface area contributed by atoms with E-state index in [-0.39, 0.29) is 23.7 Å². The van der Waals surface area contributed by atoms with Crippen molar-refractivity contribution in [2.75, 3.05) is 0 Å². The molecule has 29 heavy (non-hydrogen) atoms. The molecule has 148 valence electrons. The van der Waals surface area contributed by atoms with Gasteiger partial charge in [-0.1, -0.05) is 41.4 Å². The third kappa shape index (κ3) is 5.63. The molecule has 0 aliphatic heterocycles. The zero-order valence-corrected chi connectivity index (χ0v) is 16.5. The van der Waals surface area contributed by atoms with Crippen LogP contribution in [0.15, 0.2) is 65.8 Å². The largest absolute Gasteiger partial charge is 0.508 e. The topological polar surface area (TPSA) is 91.2 Å². The Hall–Kier alpha value is -3.22. The highest BCUT2D eigenvalue weighted by Crippen LogP contribution is 2.24. The lowest BCUT2D eigenvalue weighted by Gasteiger charge is -2.10. The number of nitrogens with one attached hydrogen (secondary N) is 1. The Morgan fingerprint density at radius 1 is 1.03 bits per heavy atom. The van der Waals surface area contributed by atoms with E-state index in [2.05, 4.69) is 10.5 Å². The molecule has 0 spiro atoms. The second-order valence-corrected chi connectivity index (χ2v) is 6.84. The van der Waals surface area contributed by atoms with Crippen LogP contribution in [0, 0.1) is 0 Å². The van der Waals surface area contributed by atoms with Gasteiger partial charge in [-0.15, -0.1) is 0 Å². The van der Waals surface area contributed by atoms with Gasteiger partial charge < -0.3 is 14.9 Å². The van der Waals surface area contributed by atoms with Crippen molar-refractivity contribution >= 4 is 35.3 Å². The molecule has 0 aromatic heterocycles. The van der Waals surface area contributed by atoms with E-state index in [1.807, 2.05) is 18.2 Å². The fourth-order valence-electron chi connectivity index (χ4n) is 2.47. The van der Waals surface area contributed by atoms with Crippen LogP contribution in [0.2, 0.25) is 10.0 Å². The number of phenols is 2. The zero-order valence-electron chi connectivity index (χ0n) is 15.0. The minimum absolute atomic E-state index is 0.0564. The highest BCUT2D eigenvalue weighted by molar-refractivity contribution is 6.31. The maximum Gasteiger partial charge on any atom is 0.271 e. The fraction of sp³-hybridized carbons (Fsp3) is 0.0476. The van der Waals surface area contributed by atoms with Crippen LogP contribution < -0.4 is 10.2 Å². The van der Waals surface area contributed by atoms with E-state index in [0.717, 1.165) is 11.6 Å². The van der Waals surface area contributed by atoms with Crippen molar-refractivity contribution < 1.29 is 19.7 Å². The maximum absolute atomic E-state index is 12.1. The lowest BCUT2D eigenvalue weighted by atomic mass is 10.2. The molecule has 3 rings (SSSR count). The molecule has 0 aliphatic rings. The van der Waals surface area contributed by atoms with Crippen molar-refractivity contribution in [3.05, 3.63) is 87.4 Å². The molecule has 0 saturated heterocycles. The Morgan fingerprint density at radius 3 is 2.48 bits per heavy atom. The van der Waals surface area contributed by atoms with Gasteiger partial charge in [0.15, 0.2) is 0 Å². The van der Waals surface area contributed by atoms with E-state index >= 15 is 0 Å². The van der Waals surface area contributed by atoms with Gasteiger partial charge >= 0.3 is 0 Å². The number of ether oxygens (including phenoxy) is 1. The van der Waals surface area contributed by atoms with E-state index in [9.17, 15) is 15.0 Å². The van der Waals surface area contributed by atoms with Gasteiger partial charge in [0, 0.05) is 32.8 Å². The first kappa shape index (κ1) is 20.5. The average molecular weight is 431 g/mol. The number of amides is 1. The van der Waals surface area contributed by atoms with Crippen LogP contribution in [0.3, 0.4) is 0 Å². The molecule has 0 fully saturated rings. The quantitative estimate of drug-likeness (QED) is 0.388. The molecule has 1 amide bonds.